The summed E-state index contributed by atoms with van der Waals surface area (Å²) >= 11 is 0. The number of nitrogens with zero attached hydrogens (tertiary/aromatic N) is 2. The van der Waals surface area contributed by atoms with Gasteiger partial charge in [0.25, 0.3) is 0 Å². The van der Waals surface area contributed by atoms with Crippen molar-refractivity contribution in [3.05, 3.63) is 0 Å². The molecule has 1 rings (SSSR count). The zero-order chi connectivity index (χ0) is 12.1. The van der Waals surface area contributed by atoms with Crippen LogP contribution in [0.3, 0.4) is 0 Å². The van der Waals surface area contributed by atoms with E-state index in [0.717, 1.165) is 0 Å². The molecule has 0 radical (unpaired) electrons. The number of aliphatic carboxylic acids is 1. The molecule has 1 saturated heterocycles. The molecule has 1 aliphatic heterocycles. The van der Waals surface area contributed by atoms with Gasteiger partial charge in [-0.25, -0.2) is 0 Å². The first-order chi connectivity index (χ1) is 7.65. The number of carboxylic acid groups (broad SMARTS) is 1. The smallest absolute Gasteiger partial charge is 0.310 e. The largest absolute Gasteiger partial charge is 0.481 e. The minimum atomic E-state index is -0.839. The molecule has 1 heterocycles. The van der Waals surface area contributed by atoms with E-state index in [1.165, 1.54) is 0 Å². The van der Waals surface area contributed by atoms with E-state index in [-0.39, 0.29) is 18.7 Å². The number of ether oxygens (including phenoxy) is 1. The van der Waals surface area contributed by atoms with Gasteiger partial charge in [-0.2, -0.15) is 5.26 Å². The van der Waals surface area contributed by atoms with Gasteiger partial charge >= 0.3 is 5.97 Å². The van der Waals surface area contributed by atoms with Gasteiger partial charge in [-0.15, -0.1) is 0 Å². The Morgan fingerprint density at radius 1 is 1.62 bits per heavy atom. The zero-order valence-corrected chi connectivity index (χ0v) is 9.72. The van der Waals surface area contributed by atoms with Crippen LogP contribution in [-0.4, -0.2) is 47.8 Å². The predicted molar refractivity (Wildman–Crippen MR) is 57.8 cm³/mol. The first-order valence-corrected chi connectivity index (χ1v) is 5.61. The standard InChI is InChI=1S/C11H18N2O3/c1-3-8(5-12)13(4-2)10-7-16-6-9(10)11(14)15/h8-10H,3-4,6-7H2,1-2H3,(H,14,15). The maximum atomic E-state index is 11.0. The van der Waals surface area contributed by atoms with Crippen LogP contribution in [0, 0.1) is 17.2 Å². The van der Waals surface area contributed by atoms with E-state index in [1.54, 1.807) is 0 Å². The van der Waals surface area contributed by atoms with Gasteiger partial charge in [-0.3, -0.25) is 9.69 Å². The van der Waals surface area contributed by atoms with E-state index >= 15 is 0 Å². The fourth-order valence-electron chi connectivity index (χ4n) is 2.19. The Morgan fingerprint density at radius 3 is 2.75 bits per heavy atom. The van der Waals surface area contributed by atoms with E-state index in [2.05, 4.69) is 6.07 Å². The molecule has 3 unspecified atom stereocenters. The van der Waals surface area contributed by atoms with Crippen molar-refractivity contribution in [3.63, 3.8) is 0 Å². The Labute approximate surface area is 95.6 Å². The van der Waals surface area contributed by atoms with Crippen LogP contribution >= 0.6 is 0 Å². The molecule has 1 aliphatic rings. The Morgan fingerprint density at radius 2 is 2.31 bits per heavy atom. The molecule has 0 bridgehead atoms. The summed E-state index contributed by atoms with van der Waals surface area (Å²) in [7, 11) is 0. The fraction of sp³-hybridized carbons (Fsp3) is 0.818. The van der Waals surface area contributed by atoms with Crippen LogP contribution in [0.4, 0.5) is 0 Å². The monoisotopic (exact) mass is 226 g/mol. The van der Waals surface area contributed by atoms with Crippen molar-refractivity contribution < 1.29 is 14.6 Å². The van der Waals surface area contributed by atoms with Crippen molar-refractivity contribution in [2.75, 3.05) is 19.8 Å². The molecule has 0 aromatic heterocycles. The number of rotatable bonds is 5. The lowest BCUT2D eigenvalue weighted by Gasteiger charge is -2.32. The highest BCUT2D eigenvalue weighted by Gasteiger charge is 2.39. The molecule has 0 spiro atoms. The highest BCUT2D eigenvalue weighted by molar-refractivity contribution is 5.71. The molecule has 1 fully saturated rings. The highest BCUT2D eigenvalue weighted by Crippen LogP contribution is 2.22. The van der Waals surface area contributed by atoms with Crippen LogP contribution in [0.1, 0.15) is 20.3 Å². The molecule has 0 aromatic carbocycles. The maximum absolute atomic E-state index is 11.0. The Hall–Kier alpha value is -1.12. The summed E-state index contributed by atoms with van der Waals surface area (Å²) < 4.78 is 5.22. The average Bonchev–Trinajstić information content (AvgIpc) is 2.74. The van der Waals surface area contributed by atoms with Gasteiger partial charge in [0.1, 0.15) is 0 Å². The van der Waals surface area contributed by atoms with Crippen molar-refractivity contribution in [1.82, 2.24) is 4.90 Å². The van der Waals surface area contributed by atoms with E-state index < -0.39 is 11.9 Å². The molecule has 16 heavy (non-hydrogen) atoms. The minimum absolute atomic E-state index is 0.174. The third-order valence-electron chi connectivity index (χ3n) is 3.09. The zero-order valence-electron chi connectivity index (χ0n) is 9.72. The molecular weight excluding hydrogens is 208 g/mol. The molecule has 3 atom stereocenters. The van der Waals surface area contributed by atoms with Crippen molar-refractivity contribution in [3.8, 4) is 6.07 Å². The predicted octanol–water partition coefficient (Wildman–Crippen LogP) is 0.710. The fourth-order valence-corrected chi connectivity index (χ4v) is 2.19. The number of carbonyl (C=O) groups is 1. The molecule has 90 valence electrons. The van der Waals surface area contributed by atoms with Gasteiger partial charge in [0.15, 0.2) is 0 Å². The van der Waals surface area contributed by atoms with Gasteiger partial charge in [0.2, 0.25) is 0 Å². The first-order valence-electron chi connectivity index (χ1n) is 5.61. The van der Waals surface area contributed by atoms with E-state index in [9.17, 15) is 4.79 Å². The van der Waals surface area contributed by atoms with Crippen molar-refractivity contribution in [2.24, 2.45) is 5.92 Å². The molecule has 5 nitrogen and oxygen atoms in total. The summed E-state index contributed by atoms with van der Waals surface area (Å²) in [6.45, 7) is 5.20. The van der Waals surface area contributed by atoms with Gasteiger partial charge in [0, 0.05) is 6.04 Å². The lowest BCUT2D eigenvalue weighted by molar-refractivity contribution is -0.143. The summed E-state index contributed by atoms with van der Waals surface area (Å²) in [5.41, 5.74) is 0. The first kappa shape index (κ1) is 12.9. The molecular formula is C11H18N2O3. The number of hydrogen-bond donors (Lipinski definition) is 1. The summed E-state index contributed by atoms with van der Waals surface area (Å²) in [4.78, 5) is 13.0. The number of nitriles is 1. The second kappa shape index (κ2) is 5.83. The van der Waals surface area contributed by atoms with Crippen molar-refractivity contribution >= 4 is 5.97 Å². The van der Waals surface area contributed by atoms with Gasteiger partial charge in [-0.1, -0.05) is 13.8 Å². The third kappa shape index (κ3) is 2.52. The summed E-state index contributed by atoms with van der Waals surface area (Å²) in [6.07, 6.45) is 0.702. The Kier molecular flexibility index (Phi) is 4.71. The minimum Gasteiger partial charge on any atom is -0.481 e. The number of likely N-dealkylation sites (N-methyl/N-ethyl adjacent to an activating group) is 1. The quantitative estimate of drug-likeness (QED) is 0.747. The lowest BCUT2D eigenvalue weighted by Crippen LogP contribution is -2.47. The van der Waals surface area contributed by atoms with E-state index in [0.29, 0.717) is 19.6 Å². The lowest BCUT2D eigenvalue weighted by atomic mass is 10.00. The second-order valence-electron chi connectivity index (χ2n) is 3.93. The molecule has 1 N–H and O–H groups in total. The number of hydrogen-bond acceptors (Lipinski definition) is 4. The summed E-state index contributed by atoms with van der Waals surface area (Å²) in [6, 6.07) is 1.82. The Bertz CT molecular complexity index is 287. The van der Waals surface area contributed by atoms with Crippen LogP contribution in [0.2, 0.25) is 0 Å². The Balaban J connectivity index is 2.79. The van der Waals surface area contributed by atoms with Gasteiger partial charge < -0.3 is 9.84 Å². The van der Waals surface area contributed by atoms with E-state index in [4.69, 9.17) is 15.1 Å². The van der Waals surface area contributed by atoms with Gasteiger partial charge in [0.05, 0.1) is 31.2 Å². The third-order valence-corrected chi connectivity index (χ3v) is 3.09. The van der Waals surface area contributed by atoms with Gasteiger partial charge in [-0.05, 0) is 13.0 Å². The van der Waals surface area contributed by atoms with Crippen LogP contribution in [0.5, 0.6) is 0 Å². The van der Waals surface area contributed by atoms with Crippen molar-refractivity contribution in [2.45, 2.75) is 32.4 Å². The highest BCUT2D eigenvalue weighted by atomic mass is 16.5. The van der Waals surface area contributed by atoms with E-state index in [1.807, 2.05) is 18.7 Å². The maximum Gasteiger partial charge on any atom is 0.310 e. The second-order valence-corrected chi connectivity index (χ2v) is 3.93. The summed E-state index contributed by atoms with van der Waals surface area (Å²) in [5, 5.41) is 18.1. The van der Waals surface area contributed by atoms with Crippen LogP contribution in [0.15, 0.2) is 0 Å². The van der Waals surface area contributed by atoms with Crippen LogP contribution < -0.4 is 0 Å². The molecule has 0 aliphatic carbocycles. The molecule has 5 heteroatoms. The summed E-state index contributed by atoms with van der Waals surface area (Å²) in [5.74, 6) is -1.35. The van der Waals surface area contributed by atoms with Crippen molar-refractivity contribution in [1.29, 1.82) is 5.26 Å². The SMILES string of the molecule is CCC(C#N)N(CC)C1COCC1C(=O)O. The molecule has 0 amide bonds. The molecule has 0 saturated carbocycles. The van der Waals surface area contributed by atoms with Crippen LogP contribution in [0.25, 0.3) is 0 Å². The number of carboxylic acids is 1. The topological polar surface area (TPSA) is 73.6 Å². The van der Waals surface area contributed by atoms with Crippen LogP contribution in [-0.2, 0) is 9.53 Å². The average molecular weight is 226 g/mol. The normalized spacial score (nSPS) is 26.6. The molecule has 0 aromatic rings.